The fourth-order valence-corrected chi connectivity index (χ4v) is 2.93. The second-order valence-corrected chi connectivity index (χ2v) is 7.30. The summed E-state index contributed by atoms with van der Waals surface area (Å²) in [7, 11) is 0. The Hall–Kier alpha value is -0.850. The molecule has 0 aromatic rings. The van der Waals surface area contributed by atoms with Gasteiger partial charge in [-0.1, -0.05) is 37.1 Å². The van der Waals surface area contributed by atoms with Crippen molar-refractivity contribution in [3.8, 4) is 0 Å². The molecule has 0 radical (unpaired) electrons. The summed E-state index contributed by atoms with van der Waals surface area (Å²) in [6.45, 7) is 13.0. The molecule has 1 aliphatic rings. The molecular formula is C18H30O. The van der Waals surface area contributed by atoms with E-state index in [1.165, 1.54) is 11.1 Å². The van der Waals surface area contributed by atoms with Gasteiger partial charge < -0.3 is 0 Å². The fourth-order valence-electron chi connectivity index (χ4n) is 2.93. The van der Waals surface area contributed by atoms with Crippen LogP contribution < -0.4 is 0 Å². The Morgan fingerprint density at radius 2 is 1.63 bits per heavy atom. The second kappa shape index (κ2) is 6.54. The van der Waals surface area contributed by atoms with Gasteiger partial charge in [-0.25, -0.2) is 0 Å². The van der Waals surface area contributed by atoms with Crippen molar-refractivity contribution >= 4 is 5.78 Å². The van der Waals surface area contributed by atoms with Crippen molar-refractivity contribution in [1.82, 2.24) is 0 Å². The predicted molar refractivity (Wildman–Crippen MR) is 83.1 cm³/mol. The van der Waals surface area contributed by atoms with Crippen LogP contribution in [0.3, 0.4) is 0 Å². The summed E-state index contributed by atoms with van der Waals surface area (Å²) < 4.78 is 0. The van der Waals surface area contributed by atoms with E-state index in [-0.39, 0.29) is 11.3 Å². The molecule has 0 heterocycles. The van der Waals surface area contributed by atoms with Gasteiger partial charge in [0, 0.05) is 12.3 Å². The monoisotopic (exact) mass is 262 g/mol. The molecule has 0 bridgehead atoms. The molecule has 108 valence electrons. The minimum atomic E-state index is 0.157. The zero-order valence-electron chi connectivity index (χ0n) is 13.5. The second-order valence-electron chi connectivity index (χ2n) is 7.30. The van der Waals surface area contributed by atoms with E-state index < -0.39 is 0 Å². The number of Topliss-reactive ketones (excluding diaryl/α,β-unsaturated/α-hetero) is 1. The molecule has 1 rings (SSSR count). The molecule has 0 aromatic heterocycles. The molecule has 0 saturated heterocycles. The molecule has 2 atom stereocenters. The average Bonchev–Trinajstić information content (AvgIpc) is 2.24. The maximum Gasteiger partial charge on any atom is 0.136 e. The van der Waals surface area contributed by atoms with Crippen LogP contribution in [0.25, 0.3) is 0 Å². The first-order valence-corrected chi connectivity index (χ1v) is 7.52. The van der Waals surface area contributed by atoms with E-state index in [1.807, 2.05) is 0 Å². The third-order valence-electron chi connectivity index (χ3n) is 4.38. The topological polar surface area (TPSA) is 17.1 Å². The zero-order chi connectivity index (χ0) is 14.6. The van der Waals surface area contributed by atoms with Crippen LogP contribution in [-0.4, -0.2) is 5.78 Å². The van der Waals surface area contributed by atoms with Crippen molar-refractivity contribution in [2.45, 2.75) is 67.2 Å². The Morgan fingerprint density at radius 3 is 2.16 bits per heavy atom. The van der Waals surface area contributed by atoms with Gasteiger partial charge in [0.15, 0.2) is 0 Å². The number of allylic oxidation sites excluding steroid dienone is 4. The maximum atomic E-state index is 12.3. The summed E-state index contributed by atoms with van der Waals surface area (Å²) in [5.74, 6) is 1.35. The lowest BCUT2D eigenvalue weighted by Crippen LogP contribution is -2.37. The Balaban J connectivity index is 2.76. The van der Waals surface area contributed by atoms with Crippen molar-refractivity contribution < 1.29 is 4.79 Å². The van der Waals surface area contributed by atoms with Gasteiger partial charge in [-0.2, -0.15) is 0 Å². The third-order valence-corrected chi connectivity index (χ3v) is 4.38. The van der Waals surface area contributed by atoms with Crippen LogP contribution in [0, 0.1) is 17.3 Å². The molecule has 1 nitrogen and oxygen atoms in total. The minimum Gasteiger partial charge on any atom is -0.299 e. The highest BCUT2D eigenvalue weighted by Gasteiger charge is 2.39. The summed E-state index contributed by atoms with van der Waals surface area (Å²) in [5.41, 5.74) is 2.86. The molecule has 0 N–H and O–H groups in total. The fraction of sp³-hybridized carbons (Fsp3) is 0.722. The van der Waals surface area contributed by atoms with Crippen molar-refractivity contribution in [3.63, 3.8) is 0 Å². The van der Waals surface area contributed by atoms with Gasteiger partial charge in [0.05, 0.1) is 0 Å². The van der Waals surface area contributed by atoms with Gasteiger partial charge in [0.25, 0.3) is 0 Å². The summed E-state index contributed by atoms with van der Waals surface area (Å²) in [5, 5.41) is 0. The minimum absolute atomic E-state index is 0.157. The van der Waals surface area contributed by atoms with Crippen LogP contribution in [0.15, 0.2) is 23.3 Å². The Labute approximate surface area is 119 Å². The number of carbonyl (C=O) groups is 1. The first-order chi connectivity index (χ1) is 8.72. The van der Waals surface area contributed by atoms with Crippen molar-refractivity contribution in [2.24, 2.45) is 17.3 Å². The molecular weight excluding hydrogens is 232 g/mol. The number of hydrogen-bond donors (Lipinski definition) is 0. The molecule has 0 aromatic carbocycles. The lowest BCUT2D eigenvalue weighted by Gasteiger charge is -2.41. The molecule has 1 fully saturated rings. The summed E-state index contributed by atoms with van der Waals surface area (Å²) in [4.78, 5) is 12.3. The quantitative estimate of drug-likeness (QED) is 0.627. The Kier molecular flexibility index (Phi) is 5.58. The van der Waals surface area contributed by atoms with E-state index in [4.69, 9.17) is 0 Å². The summed E-state index contributed by atoms with van der Waals surface area (Å²) >= 11 is 0. The maximum absolute atomic E-state index is 12.3. The lowest BCUT2D eigenvalue weighted by atomic mass is 9.63. The van der Waals surface area contributed by atoms with Gasteiger partial charge in [-0.15, -0.1) is 0 Å². The molecule has 1 aliphatic carbocycles. The first-order valence-electron chi connectivity index (χ1n) is 7.52. The van der Waals surface area contributed by atoms with Crippen molar-refractivity contribution in [2.75, 3.05) is 0 Å². The van der Waals surface area contributed by atoms with Crippen LogP contribution in [0.2, 0.25) is 0 Å². The predicted octanol–water partition coefficient (Wildman–Crippen LogP) is 5.32. The van der Waals surface area contributed by atoms with Crippen molar-refractivity contribution in [3.05, 3.63) is 23.3 Å². The average molecular weight is 262 g/mol. The molecule has 0 unspecified atom stereocenters. The van der Waals surface area contributed by atoms with Gasteiger partial charge in [-0.3, -0.25) is 4.79 Å². The van der Waals surface area contributed by atoms with Crippen LogP contribution in [0.4, 0.5) is 0 Å². The van der Waals surface area contributed by atoms with E-state index in [2.05, 4.69) is 53.7 Å². The van der Waals surface area contributed by atoms with E-state index in [1.54, 1.807) is 0 Å². The van der Waals surface area contributed by atoms with Gasteiger partial charge >= 0.3 is 0 Å². The highest BCUT2D eigenvalue weighted by Crippen LogP contribution is 2.44. The summed E-state index contributed by atoms with van der Waals surface area (Å²) in [6, 6.07) is 0. The number of rotatable bonds is 4. The normalized spacial score (nSPS) is 25.9. The van der Waals surface area contributed by atoms with Crippen LogP contribution >= 0.6 is 0 Å². The largest absolute Gasteiger partial charge is 0.299 e. The van der Waals surface area contributed by atoms with E-state index in [0.29, 0.717) is 11.7 Å². The van der Waals surface area contributed by atoms with Gasteiger partial charge in [0.1, 0.15) is 5.78 Å². The lowest BCUT2D eigenvalue weighted by molar-refractivity contribution is -0.130. The molecule has 1 heteroatoms. The third kappa shape index (κ3) is 4.97. The van der Waals surface area contributed by atoms with Gasteiger partial charge in [0.2, 0.25) is 0 Å². The molecule has 0 aliphatic heterocycles. The standard InChI is InChI=1S/C18H30O/c1-13(2)7-9-15-11-16(10-8-14(3)4)18(5,6)12-17(15)19/h7-8,15-16H,9-12H2,1-6H3/t15-,16-/m0/s1. The molecule has 1 saturated carbocycles. The van der Waals surface area contributed by atoms with Gasteiger partial charge in [-0.05, 0) is 58.3 Å². The Bertz CT molecular complexity index is 376. The zero-order valence-corrected chi connectivity index (χ0v) is 13.5. The molecule has 0 amide bonds. The Morgan fingerprint density at radius 1 is 1.11 bits per heavy atom. The number of ketones is 1. The highest BCUT2D eigenvalue weighted by molar-refractivity contribution is 5.82. The smallest absolute Gasteiger partial charge is 0.136 e. The van der Waals surface area contributed by atoms with Crippen LogP contribution in [-0.2, 0) is 4.79 Å². The first kappa shape index (κ1) is 16.2. The van der Waals surface area contributed by atoms with E-state index in [0.717, 1.165) is 25.7 Å². The molecule has 0 spiro atoms. The SMILES string of the molecule is CC(C)=CC[C@H]1C[C@H](CC=C(C)C)C(C)(C)CC1=O. The van der Waals surface area contributed by atoms with Crippen LogP contribution in [0.5, 0.6) is 0 Å². The number of carbonyl (C=O) groups excluding carboxylic acids is 1. The van der Waals surface area contributed by atoms with Crippen molar-refractivity contribution in [1.29, 1.82) is 0 Å². The summed E-state index contributed by atoms with van der Waals surface area (Å²) in [6.07, 6.45) is 8.41. The highest BCUT2D eigenvalue weighted by atomic mass is 16.1. The number of hydrogen-bond acceptors (Lipinski definition) is 1. The molecule has 19 heavy (non-hydrogen) atoms. The van der Waals surface area contributed by atoms with E-state index >= 15 is 0 Å². The van der Waals surface area contributed by atoms with Crippen LogP contribution in [0.1, 0.15) is 67.2 Å². The van der Waals surface area contributed by atoms with E-state index in [9.17, 15) is 4.79 Å².